The molecule has 0 fully saturated rings. The van der Waals surface area contributed by atoms with Gasteiger partial charge in [-0.25, -0.2) is 0 Å². The van der Waals surface area contributed by atoms with Crippen LogP contribution in [0, 0.1) is 23.7 Å². The molecule has 2 aliphatic carbocycles. The molecule has 0 aromatic rings. The quantitative estimate of drug-likeness (QED) is 0.461. The topological polar surface area (TPSA) is 58.9 Å². The minimum absolute atomic E-state index is 0.0545. The van der Waals surface area contributed by atoms with Gasteiger partial charge in [-0.05, 0) is 35.9 Å². The van der Waals surface area contributed by atoms with Gasteiger partial charge in [0.1, 0.15) is 18.3 Å². The number of aliphatic hydroxyl groups excluding tert-OH is 2. The summed E-state index contributed by atoms with van der Waals surface area (Å²) in [5.74, 6) is 11.9. The zero-order chi connectivity index (χ0) is 18.9. The average Bonchev–Trinajstić information content (AvgIpc) is 2.50. The van der Waals surface area contributed by atoms with E-state index >= 15 is 0 Å². The third-order valence-corrected chi connectivity index (χ3v) is 9.70. The Morgan fingerprint density at radius 3 is 2.44 bits per heavy atom. The van der Waals surface area contributed by atoms with Gasteiger partial charge in [0.2, 0.25) is 0 Å². The summed E-state index contributed by atoms with van der Waals surface area (Å²) in [7, 11) is -0.676. The van der Waals surface area contributed by atoms with Gasteiger partial charge in [-0.15, -0.1) is 0 Å². The molecular formula is C20H28O4Si. The van der Waals surface area contributed by atoms with Gasteiger partial charge in [0.05, 0.1) is 0 Å². The highest BCUT2D eigenvalue weighted by Gasteiger charge is 2.52. The highest BCUT2D eigenvalue weighted by atomic mass is 28.4. The molecule has 2 rings (SSSR count). The minimum Gasteiger partial charge on any atom is -0.398 e. The van der Waals surface area contributed by atoms with Crippen LogP contribution in [-0.4, -0.2) is 49.6 Å². The third-order valence-electron chi connectivity index (χ3n) is 5.22. The number of methoxy groups -OCH3 is 1. The van der Waals surface area contributed by atoms with E-state index in [1.165, 1.54) is 0 Å². The molecule has 2 bridgehead atoms. The van der Waals surface area contributed by atoms with Gasteiger partial charge in [0.25, 0.3) is 0 Å². The summed E-state index contributed by atoms with van der Waals surface area (Å²) in [5.41, 5.74) is -0.386. The van der Waals surface area contributed by atoms with Crippen molar-refractivity contribution < 1.29 is 19.4 Å². The lowest BCUT2D eigenvalue weighted by Crippen LogP contribution is -2.59. The number of allylic oxidation sites excluding steroid dienone is 2. The van der Waals surface area contributed by atoms with Gasteiger partial charge in [0, 0.05) is 13.5 Å². The Bertz CT molecular complexity index is 693. The lowest BCUT2D eigenvalue weighted by Gasteiger charge is -2.48. The molecule has 25 heavy (non-hydrogen) atoms. The molecule has 0 aromatic heterocycles. The maximum absolute atomic E-state index is 10.8. The molecule has 4 nitrogen and oxygen atoms in total. The fraction of sp³-hybridized carbons (Fsp3) is 0.600. The van der Waals surface area contributed by atoms with Crippen molar-refractivity contribution in [3.63, 3.8) is 0 Å². The van der Waals surface area contributed by atoms with Crippen molar-refractivity contribution >= 4 is 8.32 Å². The summed E-state index contributed by atoms with van der Waals surface area (Å²) in [6, 6.07) is 0. The van der Waals surface area contributed by atoms with Crippen LogP contribution in [0.3, 0.4) is 0 Å². The number of rotatable bonds is 3. The first-order chi connectivity index (χ1) is 11.5. The molecule has 0 spiro atoms. The molecule has 136 valence electrons. The van der Waals surface area contributed by atoms with Crippen molar-refractivity contribution in [1.29, 1.82) is 0 Å². The number of ether oxygens (including phenoxy) is 1. The van der Waals surface area contributed by atoms with E-state index in [-0.39, 0.29) is 5.04 Å². The zero-order valence-corrected chi connectivity index (χ0v) is 16.9. The predicted molar refractivity (Wildman–Crippen MR) is 101 cm³/mol. The maximum Gasteiger partial charge on any atom is 0.194 e. The van der Waals surface area contributed by atoms with Crippen molar-refractivity contribution in [2.45, 2.75) is 69.2 Å². The van der Waals surface area contributed by atoms with Crippen LogP contribution < -0.4 is 0 Å². The van der Waals surface area contributed by atoms with Crippen LogP contribution in [0.25, 0.3) is 0 Å². The summed E-state index contributed by atoms with van der Waals surface area (Å²) < 4.78 is 12.1. The van der Waals surface area contributed by atoms with Crippen molar-refractivity contribution in [2.75, 3.05) is 7.11 Å². The molecule has 2 N–H and O–H groups in total. The van der Waals surface area contributed by atoms with Gasteiger partial charge >= 0.3 is 0 Å². The monoisotopic (exact) mass is 360 g/mol. The molecule has 0 unspecified atom stereocenters. The summed E-state index contributed by atoms with van der Waals surface area (Å²) in [6.45, 7) is 10.6. The fourth-order valence-electron chi connectivity index (χ4n) is 2.76. The Balaban J connectivity index is 2.56. The van der Waals surface area contributed by atoms with Gasteiger partial charge in [-0.2, -0.15) is 0 Å². The first kappa shape index (κ1) is 20.0. The standard InChI is InChI=1S/C20H28O4Si/c1-19(2,3)25(5,6)24-20-12-10-8-7-9-11-17(23-4)15(14-20)13-16(21)18(20)22/h7-8,13,16-18,21-22H,14H2,1-6H3/b8-7-/t16-,17-,18-,20+/m0/s1. The minimum atomic E-state index is -2.25. The molecule has 0 saturated heterocycles. The second-order valence-electron chi connectivity index (χ2n) is 8.11. The van der Waals surface area contributed by atoms with Crippen molar-refractivity contribution in [3.8, 4) is 23.7 Å². The van der Waals surface area contributed by atoms with E-state index in [2.05, 4.69) is 57.5 Å². The van der Waals surface area contributed by atoms with E-state index in [1.807, 2.05) is 0 Å². The summed E-state index contributed by atoms with van der Waals surface area (Å²) in [4.78, 5) is 0. The summed E-state index contributed by atoms with van der Waals surface area (Å²) >= 11 is 0. The van der Waals surface area contributed by atoms with E-state index < -0.39 is 32.2 Å². The normalized spacial score (nSPS) is 33.3. The Hall–Kier alpha value is -1.34. The molecule has 2 aliphatic rings. The first-order valence-electron chi connectivity index (χ1n) is 8.51. The highest BCUT2D eigenvalue weighted by molar-refractivity contribution is 6.74. The summed E-state index contributed by atoms with van der Waals surface area (Å²) in [6.07, 6.45) is 2.60. The SMILES string of the molecule is CO[C@H]1C#C/C=C\C#C[C@@]2(O[Si](C)(C)C(C)(C)C)CC1=C[C@H](O)[C@@H]2O. The van der Waals surface area contributed by atoms with Crippen LogP contribution in [0.2, 0.25) is 18.1 Å². The second-order valence-corrected chi connectivity index (χ2v) is 12.8. The number of hydrogen-bond acceptors (Lipinski definition) is 4. The fourth-order valence-corrected chi connectivity index (χ4v) is 4.22. The molecule has 0 radical (unpaired) electrons. The molecule has 0 heterocycles. The van der Waals surface area contributed by atoms with Crippen LogP contribution >= 0.6 is 0 Å². The van der Waals surface area contributed by atoms with E-state index in [9.17, 15) is 10.2 Å². The molecule has 4 atom stereocenters. The van der Waals surface area contributed by atoms with E-state index in [1.54, 1.807) is 25.3 Å². The lowest BCUT2D eigenvalue weighted by molar-refractivity contribution is -0.0811. The Labute approximate surface area is 152 Å². The van der Waals surface area contributed by atoms with Gasteiger partial charge in [0.15, 0.2) is 13.9 Å². The molecule has 0 saturated carbocycles. The summed E-state index contributed by atoms with van der Waals surface area (Å²) in [5, 5.41) is 21.2. The zero-order valence-electron chi connectivity index (χ0n) is 15.9. The van der Waals surface area contributed by atoms with Crippen LogP contribution in [0.1, 0.15) is 27.2 Å². The molecular weight excluding hydrogens is 332 g/mol. The number of aliphatic hydroxyl groups is 2. The second kappa shape index (κ2) is 7.11. The van der Waals surface area contributed by atoms with Crippen molar-refractivity contribution in [2.24, 2.45) is 0 Å². The Morgan fingerprint density at radius 2 is 1.84 bits per heavy atom. The highest BCUT2D eigenvalue weighted by Crippen LogP contribution is 2.43. The molecule has 5 heteroatoms. The van der Waals surface area contributed by atoms with Crippen molar-refractivity contribution in [3.05, 3.63) is 23.8 Å². The van der Waals surface area contributed by atoms with E-state index in [0.717, 1.165) is 5.57 Å². The number of hydrogen-bond donors (Lipinski definition) is 2. The third kappa shape index (κ3) is 4.08. The van der Waals surface area contributed by atoms with Gasteiger partial charge < -0.3 is 19.4 Å². The number of fused-ring (bicyclic) bond motifs is 2. The lowest BCUT2D eigenvalue weighted by atomic mass is 9.79. The Kier molecular flexibility index (Phi) is 5.68. The molecule has 0 aliphatic heterocycles. The predicted octanol–water partition coefficient (Wildman–Crippen LogP) is 2.39. The maximum atomic E-state index is 10.8. The van der Waals surface area contributed by atoms with Crippen LogP contribution in [0.5, 0.6) is 0 Å². The largest absolute Gasteiger partial charge is 0.398 e. The van der Waals surface area contributed by atoms with Crippen LogP contribution in [0.15, 0.2) is 23.8 Å². The van der Waals surface area contributed by atoms with Gasteiger partial charge in [-0.1, -0.05) is 50.5 Å². The van der Waals surface area contributed by atoms with Crippen LogP contribution in [0.4, 0.5) is 0 Å². The van der Waals surface area contributed by atoms with Crippen LogP contribution in [-0.2, 0) is 9.16 Å². The van der Waals surface area contributed by atoms with E-state index in [4.69, 9.17) is 9.16 Å². The smallest absolute Gasteiger partial charge is 0.194 e. The van der Waals surface area contributed by atoms with Crippen molar-refractivity contribution in [1.82, 2.24) is 0 Å². The molecule has 0 amide bonds. The van der Waals surface area contributed by atoms with Gasteiger partial charge in [-0.3, -0.25) is 0 Å². The van der Waals surface area contributed by atoms with E-state index in [0.29, 0.717) is 6.42 Å². The first-order valence-corrected chi connectivity index (χ1v) is 11.4. The Morgan fingerprint density at radius 1 is 1.20 bits per heavy atom. The average molecular weight is 361 g/mol. The molecule has 0 aromatic carbocycles.